The van der Waals surface area contributed by atoms with Crippen molar-refractivity contribution >= 4 is 60.5 Å². The maximum absolute atomic E-state index is 9.42. The molecule has 10 aromatic rings. The first-order valence-corrected chi connectivity index (χ1v) is 16.6. The molecule has 0 unspecified atom stereocenters. The first-order valence-electron chi connectivity index (χ1n) is 23.6. The second-order valence-corrected chi connectivity index (χ2v) is 12.3. The number of furan rings is 1. The average Bonchev–Trinajstić information content (AvgIpc) is 3.74. The van der Waals surface area contributed by atoms with Gasteiger partial charge in [0.1, 0.15) is 11.2 Å². The van der Waals surface area contributed by atoms with E-state index in [-0.39, 0.29) is 68.0 Å². The third kappa shape index (κ3) is 5.30. The van der Waals surface area contributed by atoms with Crippen LogP contribution in [0.4, 0.5) is 17.1 Å². The van der Waals surface area contributed by atoms with E-state index in [1.54, 1.807) is 42.5 Å². The monoisotopic (exact) mass is 677 g/mol. The maximum Gasteiger partial charge on any atom is 0.136 e. The van der Waals surface area contributed by atoms with Gasteiger partial charge >= 0.3 is 0 Å². The van der Waals surface area contributed by atoms with Gasteiger partial charge in [0.15, 0.2) is 0 Å². The van der Waals surface area contributed by atoms with Crippen molar-refractivity contribution in [3.63, 3.8) is 0 Å². The zero-order valence-electron chi connectivity index (χ0n) is 41.3. The van der Waals surface area contributed by atoms with Gasteiger partial charge in [0.05, 0.1) is 19.2 Å². The third-order valence-corrected chi connectivity index (χ3v) is 9.21. The molecule has 2 nitrogen and oxygen atoms in total. The molecule has 2 heteroatoms. The predicted molar refractivity (Wildman–Crippen MR) is 220 cm³/mol. The van der Waals surface area contributed by atoms with E-state index in [4.69, 9.17) is 19.5 Å². The third-order valence-electron chi connectivity index (χ3n) is 9.21. The fraction of sp³-hybridized carbons (Fsp3) is 0. The normalized spacial score (nSPS) is 15.2. The van der Waals surface area contributed by atoms with Crippen molar-refractivity contribution in [2.45, 2.75) is 0 Å². The molecule has 52 heavy (non-hydrogen) atoms. The first-order chi connectivity index (χ1) is 31.6. The van der Waals surface area contributed by atoms with Crippen LogP contribution in [-0.4, -0.2) is 0 Å². The molecule has 9 aromatic carbocycles. The summed E-state index contributed by atoms with van der Waals surface area (Å²) in [5.41, 5.74) is 4.20. The second kappa shape index (κ2) is 12.5. The van der Waals surface area contributed by atoms with Gasteiger partial charge in [0.25, 0.3) is 0 Å². The number of fused-ring (bicyclic) bond motifs is 6. The van der Waals surface area contributed by atoms with Crippen molar-refractivity contribution in [3.05, 3.63) is 200 Å². The average molecular weight is 678 g/mol. The Morgan fingerprint density at radius 1 is 0.385 bits per heavy atom. The van der Waals surface area contributed by atoms with Gasteiger partial charge in [-0.1, -0.05) is 139 Å². The maximum atomic E-state index is 9.42. The van der Waals surface area contributed by atoms with E-state index < -0.39 is 60.4 Å². The molecule has 1 aromatic heterocycles. The van der Waals surface area contributed by atoms with E-state index in [0.29, 0.717) is 28.2 Å². The summed E-state index contributed by atoms with van der Waals surface area (Å²) in [6, 6.07) is 29.9. The van der Waals surface area contributed by atoms with Crippen molar-refractivity contribution in [3.8, 4) is 33.4 Å². The van der Waals surface area contributed by atoms with Crippen LogP contribution in [0.25, 0.3) is 76.9 Å². The molecular formula is C50H33NO. The van der Waals surface area contributed by atoms with Crippen LogP contribution >= 0.6 is 0 Å². The summed E-state index contributed by atoms with van der Waals surface area (Å²) in [4.78, 5) is 1.92. The van der Waals surface area contributed by atoms with Gasteiger partial charge in [-0.2, -0.15) is 0 Å². The lowest BCUT2D eigenvalue weighted by molar-refractivity contribution is 0.669. The number of nitrogens with zero attached hydrogens (tertiary/aromatic N) is 1. The van der Waals surface area contributed by atoms with Crippen molar-refractivity contribution in [2.75, 3.05) is 4.90 Å². The fourth-order valence-electron chi connectivity index (χ4n) is 6.69. The van der Waals surface area contributed by atoms with Gasteiger partial charge < -0.3 is 9.32 Å². The minimum absolute atomic E-state index is 0.00970. The van der Waals surface area contributed by atoms with Crippen LogP contribution in [0.15, 0.2) is 204 Å². The Kier molecular flexibility index (Phi) is 4.53. The van der Waals surface area contributed by atoms with Crippen LogP contribution in [-0.2, 0) is 0 Å². The van der Waals surface area contributed by atoms with Crippen LogP contribution < -0.4 is 4.90 Å². The summed E-state index contributed by atoms with van der Waals surface area (Å²) in [7, 11) is 0. The predicted octanol–water partition coefficient (Wildman–Crippen LogP) is 14.4. The summed E-state index contributed by atoms with van der Waals surface area (Å²) in [5, 5.41) is 1.85. The van der Waals surface area contributed by atoms with E-state index in [1.807, 2.05) is 47.4 Å². The second-order valence-electron chi connectivity index (χ2n) is 12.3. The van der Waals surface area contributed by atoms with Gasteiger partial charge in [-0.15, -0.1) is 0 Å². The van der Waals surface area contributed by atoms with Crippen LogP contribution in [0.1, 0.15) is 19.2 Å². The summed E-state index contributed by atoms with van der Waals surface area (Å²) >= 11 is 0. The molecule has 0 atom stereocenters. The molecule has 0 saturated heterocycles. The molecule has 244 valence electrons. The molecule has 0 aliphatic rings. The zero-order valence-corrected chi connectivity index (χ0v) is 27.3. The lowest BCUT2D eigenvalue weighted by Gasteiger charge is -2.26. The Balaban J connectivity index is 1.13. The zero-order chi connectivity index (χ0) is 46.6. The largest absolute Gasteiger partial charge is 0.456 e. The van der Waals surface area contributed by atoms with E-state index in [9.17, 15) is 4.11 Å². The molecule has 10 rings (SSSR count). The van der Waals surface area contributed by atoms with Crippen molar-refractivity contribution < 1.29 is 23.6 Å². The first kappa shape index (κ1) is 18.9. The molecule has 0 bridgehead atoms. The summed E-state index contributed by atoms with van der Waals surface area (Å²) in [6.45, 7) is 0. The minimum atomic E-state index is -0.555. The van der Waals surface area contributed by atoms with Gasteiger partial charge in [-0.05, 0) is 116 Å². The SMILES string of the molecule is [2H]c1c([2H])c([2H])c(-c2cccc(N(c3ccc(-c4ccc5ccccc5c4)cc3)c3ccc(-c4c([2H])c([2H])c5c(c4[2H])c([2H])c([2H])c4oc6c([2H])c([2H])c([2H])c([2H])c6c45)cc3)c2)c([2H])c1[2H]. The van der Waals surface area contributed by atoms with Crippen LogP contribution in [0.3, 0.4) is 0 Å². The van der Waals surface area contributed by atoms with E-state index in [2.05, 4.69) is 30.3 Å². The van der Waals surface area contributed by atoms with Gasteiger partial charge in [-0.3, -0.25) is 0 Å². The quantitative estimate of drug-likeness (QED) is 0.174. The molecule has 0 aliphatic heterocycles. The molecule has 1 heterocycles. The van der Waals surface area contributed by atoms with Crippen molar-refractivity contribution in [1.29, 1.82) is 0 Å². The fourth-order valence-corrected chi connectivity index (χ4v) is 6.69. The highest BCUT2D eigenvalue weighted by atomic mass is 16.3. The van der Waals surface area contributed by atoms with Crippen molar-refractivity contribution in [2.24, 2.45) is 0 Å². The molecule has 0 aliphatic carbocycles. The summed E-state index contributed by atoms with van der Waals surface area (Å²) in [6.07, 6.45) is 0. The smallest absolute Gasteiger partial charge is 0.136 e. The van der Waals surface area contributed by atoms with E-state index in [0.717, 1.165) is 21.9 Å². The number of rotatable bonds is 6. The van der Waals surface area contributed by atoms with Crippen LogP contribution in [0.2, 0.25) is 0 Å². The van der Waals surface area contributed by atoms with Crippen LogP contribution in [0.5, 0.6) is 0 Å². The molecule has 0 fully saturated rings. The number of para-hydroxylation sites is 1. The minimum Gasteiger partial charge on any atom is -0.456 e. The number of hydrogen-bond donors (Lipinski definition) is 0. The van der Waals surface area contributed by atoms with Crippen LogP contribution in [0, 0.1) is 0 Å². The van der Waals surface area contributed by atoms with E-state index in [1.165, 1.54) is 0 Å². The topological polar surface area (TPSA) is 16.4 Å². The summed E-state index contributed by atoms with van der Waals surface area (Å²) < 4.78 is 127. The summed E-state index contributed by atoms with van der Waals surface area (Å²) in [5.74, 6) is 0. The standard InChI is InChI=1S/C50H33NO/c1-2-9-34(10-3-1)39-13-8-14-45(33-39)51(43-25-19-36(20-26-43)40-18-17-35-11-4-5-12-38(35)31-40)44-27-21-37(22-28-44)41-23-29-46-42(32-41)24-30-49-50(46)47-15-6-7-16-48(47)52-49/h1-33H/i1D,2D,3D,6D,7D,9D,10D,15D,16D,23D,24D,29D,30D,32D. The Morgan fingerprint density at radius 3 is 1.88 bits per heavy atom. The highest BCUT2D eigenvalue weighted by molar-refractivity contribution is 6.19. The Hall–Kier alpha value is -6.90. The molecule has 0 saturated carbocycles. The highest BCUT2D eigenvalue weighted by Crippen LogP contribution is 2.40. The molecule has 0 radical (unpaired) electrons. The van der Waals surface area contributed by atoms with Gasteiger partial charge in [0, 0.05) is 27.8 Å². The van der Waals surface area contributed by atoms with Crippen molar-refractivity contribution in [1.82, 2.24) is 0 Å². The number of hydrogen-bond acceptors (Lipinski definition) is 2. The number of benzene rings is 9. The molecule has 0 N–H and O–H groups in total. The van der Waals surface area contributed by atoms with Gasteiger partial charge in [0.2, 0.25) is 0 Å². The number of anilines is 3. The molecular weight excluding hydrogens is 631 g/mol. The van der Waals surface area contributed by atoms with Gasteiger partial charge in [-0.25, -0.2) is 0 Å². The lowest BCUT2D eigenvalue weighted by Crippen LogP contribution is -2.10. The Morgan fingerprint density at radius 2 is 1.08 bits per heavy atom. The Labute approximate surface area is 322 Å². The Bertz CT molecular complexity index is 3670. The lowest BCUT2D eigenvalue weighted by atomic mass is 9.98. The molecule has 0 spiro atoms. The highest BCUT2D eigenvalue weighted by Gasteiger charge is 2.15. The van der Waals surface area contributed by atoms with E-state index >= 15 is 0 Å². The molecule has 0 amide bonds.